The van der Waals surface area contributed by atoms with Crippen LogP contribution in [-0.2, 0) is 11.2 Å². The number of Topliss-reactive ketones (excluding diaryl/α,β-unsaturated/α-hetero) is 1. The molecule has 1 aliphatic rings. The Balaban J connectivity index is 1.90. The lowest BCUT2D eigenvalue weighted by Gasteiger charge is -2.13. The quantitative estimate of drug-likeness (QED) is 0.817. The largest absolute Gasteiger partial charge is 0.369 e. The van der Waals surface area contributed by atoms with Gasteiger partial charge in [-0.15, -0.1) is 11.3 Å². The molecular formula is C13H18N2O2S. The number of primary amides is 1. The van der Waals surface area contributed by atoms with Gasteiger partial charge < -0.3 is 5.73 Å². The Hall–Kier alpha value is -1.20. The van der Waals surface area contributed by atoms with E-state index in [1.54, 1.807) is 11.3 Å². The molecule has 1 atom stereocenters. The molecule has 0 aromatic carbocycles. The zero-order valence-electron chi connectivity index (χ0n) is 10.5. The van der Waals surface area contributed by atoms with Crippen molar-refractivity contribution >= 4 is 23.0 Å². The molecule has 2 N–H and O–H groups in total. The number of aryl methyl sites for hydroxylation is 1. The van der Waals surface area contributed by atoms with Crippen LogP contribution in [-0.4, -0.2) is 36.2 Å². The highest BCUT2D eigenvalue weighted by Gasteiger charge is 2.28. The van der Waals surface area contributed by atoms with Crippen LogP contribution in [0.5, 0.6) is 0 Å². The molecule has 18 heavy (non-hydrogen) atoms. The van der Waals surface area contributed by atoms with Gasteiger partial charge in [0.1, 0.15) is 0 Å². The van der Waals surface area contributed by atoms with Gasteiger partial charge in [0.05, 0.1) is 17.3 Å². The van der Waals surface area contributed by atoms with Gasteiger partial charge in [0, 0.05) is 11.4 Å². The van der Waals surface area contributed by atoms with Gasteiger partial charge in [0.15, 0.2) is 5.78 Å². The first-order chi connectivity index (χ1) is 8.60. The molecule has 0 radical (unpaired) electrons. The molecule has 2 rings (SSSR count). The summed E-state index contributed by atoms with van der Waals surface area (Å²) in [6.07, 6.45) is 1.73. The molecule has 0 bridgehead atoms. The average molecular weight is 266 g/mol. The third-order valence-corrected chi connectivity index (χ3v) is 4.60. The van der Waals surface area contributed by atoms with Crippen LogP contribution in [0.1, 0.15) is 27.9 Å². The summed E-state index contributed by atoms with van der Waals surface area (Å²) in [5, 5.41) is 0. The van der Waals surface area contributed by atoms with E-state index in [1.165, 1.54) is 4.88 Å². The molecule has 2 heterocycles. The summed E-state index contributed by atoms with van der Waals surface area (Å²) in [5.74, 6) is -0.202. The maximum absolute atomic E-state index is 12.1. The first-order valence-corrected chi connectivity index (χ1v) is 7.05. The van der Waals surface area contributed by atoms with Crippen molar-refractivity contribution in [3.05, 3.63) is 21.9 Å². The normalized spacial score (nSPS) is 20.2. The van der Waals surface area contributed by atoms with Crippen LogP contribution in [0.4, 0.5) is 0 Å². The van der Waals surface area contributed by atoms with Crippen molar-refractivity contribution in [1.82, 2.24) is 4.90 Å². The second-order valence-electron chi connectivity index (χ2n) is 4.67. The molecule has 1 unspecified atom stereocenters. The molecule has 5 heteroatoms. The Labute approximate surface area is 111 Å². The lowest BCUT2D eigenvalue weighted by molar-refractivity contribution is -0.121. The molecule has 1 aromatic rings. The molecule has 1 aromatic heterocycles. The molecule has 1 saturated heterocycles. The van der Waals surface area contributed by atoms with Gasteiger partial charge in [-0.2, -0.15) is 0 Å². The van der Waals surface area contributed by atoms with Crippen molar-refractivity contribution < 1.29 is 9.59 Å². The number of thiophene rings is 1. The van der Waals surface area contributed by atoms with E-state index in [1.807, 2.05) is 17.0 Å². The fraction of sp³-hybridized carbons (Fsp3) is 0.538. The Kier molecular flexibility index (Phi) is 4.14. The number of hydrogen-bond acceptors (Lipinski definition) is 4. The number of rotatable bonds is 5. The predicted molar refractivity (Wildman–Crippen MR) is 71.8 cm³/mol. The topological polar surface area (TPSA) is 63.4 Å². The lowest BCUT2D eigenvalue weighted by Crippen LogP contribution is -2.30. The maximum atomic E-state index is 12.1. The van der Waals surface area contributed by atoms with Gasteiger partial charge in [-0.25, -0.2) is 0 Å². The van der Waals surface area contributed by atoms with Crippen LogP contribution in [0.2, 0.25) is 0 Å². The van der Waals surface area contributed by atoms with Gasteiger partial charge in [-0.3, -0.25) is 14.5 Å². The monoisotopic (exact) mass is 266 g/mol. The molecule has 0 spiro atoms. The maximum Gasteiger partial charge on any atom is 0.221 e. The third kappa shape index (κ3) is 2.97. The number of hydrogen-bond donors (Lipinski definition) is 1. The number of carbonyl (C=O) groups is 2. The van der Waals surface area contributed by atoms with E-state index in [4.69, 9.17) is 5.73 Å². The van der Waals surface area contributed by atoms with Gasteiger partial charge in [-0.1, -0.05) is 6.92 Å². The lowest BCUT2D eigenvalue weighted by atomic mass is 10.1. The van der Waals surface area contributed by atoms with Gasteiger partial charge >= 0.3 is 0 Å². The van der Waals surface area contributed by atoms with Gasteiger partial charge in [0.2, 0.25) is 5.91 Å². The second kappa shape index (κ2) is 5.63. The van der Waals surface area contributed by atoms with E-state index in [9.17, 15) is 9.59 Å². The van der Waals surface area contributed by atoms with E-state index in [0.717, 1.165) is 24.3 Å². The minimum Gasteiger partial charge on any atom is -0.369 e. The minimum atomic E-state index is -0.255. The van der Waals surface area contributed by atoms with E-state index < -0.39 is 0 Å². The van der Waals surface area contributed by atoms with E-state index in [2.05, 4.69) is 6.92 Å². The van der Waals surface area contributed by atoms with Crippen molar-refractivity contribution in [2.24, 2.45) is 11.7 Å². The van der Waals surface area contributed by atoms with Crippen LogP contribution in [0.15, 0.2) is 12.1 Å². The molecule has 0 aliphatic carbocycles. The summed E-state index contributed by atoms with van der Waals surface area (Å²) in [5.41, 5.74) is 5.27. The Bertz CT molecular complexity index is 456. The standard InChI is InChI=1S/C13H18N2O2S/c1-2-10-3-4-12(18-10)11(16)8-15-6-5-9(7-15)13(14)17/h3-4,9H,2,5-8H2,1H3,(H2,14,17). The van der Waals surface area contributed by atoms with Crippen LogP contribution < -0.4 is 5.73 Å². The fourth-order valence-corrected chi connectivity index (χ4v) is 3.08. The second-order valence-corrected chi connectivity index (χ2v) is 5.83. The molecule has 98 valence electrons. The number of likely N-dealkylation sites (tertiary alicyclic amines) is 1. The highest BCUT2D eigenvalue weighted by Crippen LogP contribution is 2.20. The summed E-state index contributed by atoms with van der Waals surface area (Å²) in [4.78, 5) is 27.2. The highest BCUT2D eigenvalue weighted by molar-refractivity contribution is 7.14. The number of amides is 1. The van der Waals surface area contributed by atoms with E-state index >= 15 is 0 Å². The zero-order valence-corrected chi connectivity index (χ0v) is 11.3. The Morgan fingerprint density at radius 3 is 2.83 bits per heavy atom. The van der Waals surface area contributed by atoms with Crippen molar-refractivity contribution in [2.45, 2.75) is 19.8 Å². The summed E-state index contributed by atoms with van der Waals surface area (Å²) in [6, 6.07) is 3.90. The van der Waals surface area contributed by atoms with Crippen molar-refractivity contribution in [1.29, 1.82) is 0 Å². The first-order valence-electron chi connectivity index (χ1n) is 6.23. The van der Waals surface area contributed by atoms with Crippen LogP contribution >= 0.6 is 11.3 Å². The average Bonchev–Trinajstić information content (AvgIpc) is 2.96. The van der Waals surface area contributed by atoms with Gasteiger partial charge in [-0.05, 0) is 31.5 Å². The van der Waals surface area contributed by atoms with Crippen molar-refractivity contribution in [3.63, 3.8) is 0 Å². The number of ketones is 1. The molecule has 4 nitrogen and oxygen atoms in total. The molecule has 1 amide bonds. The van der Waals surface area contributed by atoms with E-state index in [-0.39, 0.29) is 17.6 Å². The fourth-order valence-electron chi connectivity index (χ4n) is 2.21. The predicted octanol–water partition coefficient (Wildman–Crippen LogP) is 1.30. The summed E-state index contributed by atoms with van der Waals surface area (Å²) in [7, 11) is 0. The first kappa shape index (κ1) is 13.2. The minimum absolute atomic E-state index is 0.0904. The van der Waals surface area contributed by atoms with E-state index in [0.29, 0.717) is 13.1 Å². The number of nitrogens with zero attached hydrogens (tertiary/aromatic N) is 1. The van der Waals surface area contributed by atoms with Crippen LogP contribution in [0.3, 0.4) is 0 Å². The number of carbonyl (C=O) groups excluding carboxylic acids is 2. The highest BCUT2D eigenvalue weighted by atomic mass is 32.1. The smallest absolute Gasteiger partial charge is 0.221 e. The SMILES string of the molecule is CCc1ccc(C(=O)CN2CCC(C(N)=O)C2)s1. The van der Waals surface area contributed by atoms with Crippen LogP contribution in [0.25, 0.3) is 0 Å². The summed E-state index contributed by atoms with van der Waals surface area (Å²) >= 11 is 1.56. The molecule has 1 aliphatic heterocycles. The Morgan fingerprint density at radius 2 is 2.28 bits per heavy atom. The molecule has 1 fully saturated rings. The van der Waals surface area contributed by atoms with Crippen molar-refractivity contribution in [2.75, 3.05) is 19.6 Å². The summed E-state index contributed by atoms with van der Waals surface area (Å²) in [6.45, 7) is 3.88. The van der Waals surface area contributed by atoms with Crippen molar-refractivity contribution in [3.8, 4) is 0 Å². The number of nitrogens with two attached hydrogens (primary N) is 1. The molecule has 0 saturated carbocycles. The van der Waals surface area contributed by atoms with Gasteiger partial charge in [0.25, 0.3) is 0 Å². The zero-order chi connectivity index (χ0) is 13.1. The Morgan fingerprint density at radius 1 is 1.50 bits per heavy atom. The molecular weight excluding hydrogens is 248 g/mol. The summed E-state index contributed by atoms with van der Waals surface area (Å²) < 4.78 is 0. The third-order valence-electron chi connectivity index (χ3n) is 3.33. The van der Waals surface area contributed by atoms with Crippen LogP contribution in [0, 0.1) is 5.92 Å².